The number of nitrogens with two attached hydrogens (primary N) is 1. The topological polar surface area (TPSA) is 65.9 Å². The first kappa shape index (κ1) is 13.4. The molecule has 0 saturated carbocycles. The largest absolute Gasteiger partial charge is 0.399 e. The van der Waals surface area contributed by atoms with Crippen molar-refractivity contribution >= 4 is 11.5 Å². The molecule has 2 N–H and O–H groups in total. The summed E-state index contributed by atoms with van der Waals surface area (Å²) in [5.41, 5.74) is 10.7. The third-order valence-electron chi connectivity index (χ3n) is 3.91. The van der Waals surface area contributed by atoms with Crippen molar-refractivity contribution in [1.82, 2.24) is 4.98 Å². The number of benzene rings is 1. The molecule has 2 aromatic rings. The van der Waals surface area contributed by atoms with E-state index in [4.69, 9.17) is 10.7 Å². The first-order valence-corrected chi connectivity index (χ1v) is 7.16. The zero-order valence-electron chi connectivity index (χ0n) is 12.1. The number of aryl methyl sites for hydroxylation is 2. The van der Waals surface area contributed by atoms with Crippen LogP contribution < -0.4 is 10.6 Å². The molecule has 1 aromatic carbocycles. The van der Waals surface area contributed by atoms with Crippen LogP contribution in [0.25, 0.3) is 0 Å². The van der Waals surface area contributed by atoms with Crippen molar-refractivity contribution in [3.05, 3.63) is 52.7 Å². The molecule has 0 fully saturated rings. The monoisotopic (exact) mass is 278 g/mol. The highest BCUT2D eigenvalue weighted by Gasteiger charge is 2.18. The van der Waals surface area contributed by atoms with Crippen molar-refractivity contribution in [2.75, 3.05) is 17.7 Å². The summed E-state index contributed by atoms with van der Waals surface area (Å²) in [6.45, 7) is 0.709. The summed E-state index contributed by atoms with van der Waals surface area (Å²) >= 11 is 0. The number of hydrogen-bond donors (Lipinski definition) is 1. The summed E-state index contributed by atoms with van der Waals surface area (Å²) in [7, 11) is 1.97. The molecule has 0 saturated heterocycles. The maximum absolute atomic E-state index is 9.37. The number of nitrogen functional groups attached to an aromatic ring is 1. The summed E-state index contributed by atoms with van der Waals surface area (Å²) in [5, 5.41) is 9.37. The molecule has 106 valence electrons. The predicted octanol–water partition coefficient (Wildman–Crippen LogP) is 2.66. The van der Waals surface area contributed by atoms with Gasteiger partial charge in [-0.1, -0.05) is 12.1 Å². The van der Waals surface area contributed by atoms with Crippen LogP contribution in [0.2, 0.25) is 0 Å². The average molecular weight is 278 g/mol. The molecule has 1 heterocycles. The maximum Gasteiger partial charge on any atom is 0.146 e. The molecule has 0 spiro atoms. The Bertz CT molecular complexity index is 698. The zero-order chi connectivity index (χ0) is 14.8. The van der Waals surface area contributed by atoms with E-state index in [1.807, 2.05) is 42.3 Å². The number of nitrogens with zero attached hydrogens (tertiary/aromatic N) is 3. The second-order valence-corrected chi connectivity index (χ2v) is 5.53. The van der Waals surface area contributed by atoms with E-state index in [0.29, 0.717) is 12.1 Å². The predicted molar refractivity (Wildman–Crippen MR) is 83.9 cm³/mol. The lowest BCUT2D eigenvalue weighted by atomic mass is 10.1. The fourth-order valence-electron chi connectivity index (χ4n) is 2.81. The van der Waals surface area contributed by atoms with Gasteiger partial charge in [-0.25, -0.2) is 4.98 Å². The van der Waals surface area contributed by atoms with Crippen molar-refractivity contribution in [3.63, 3.8) is 0 Å². The van der Waals surface area contributed by atoms with Gasteiger partial charge in [-0.3, -0.25) is 0 Å². The van der Waals surface area contributed by atoms with Crippen LogP contribution in [-0.4, -0.2) is 12.0 Å². The third kappa shape index (κ3) is 2.68. The van der Waals surface area contributed by atoms with E-state index < -0.39 is 0 Å². The highest BCUT2D eigenvalue weighted by Crippen LogP contribution is 2.27. The van der Waals surface area contributed by atoms with E-state index in [9.17, 15) is 5.26 Å². The van der Waals surface area contributed by atoms with Gasteiger partial charge in [0.15, 0.2) is 0 Å². The van der Waals surface area contributed by atoms with Crippen molar-refractivity contribution in [2.24, 2.45) is 0 Å². The summed E-state index contributed by atoms with van der Waals surface area (Å²) in [4.78, 5) is 6.75. The fourth-order valence-corrected chi connectivity index (χ4v) is 2.81. The van der Waals surface area contributed by atoms with Crippen LogP contribution in [0.1, 0.15) is 28.8 Å². The Morgan fingerprint density at radius 1 is 1.29 bits per heavy atom. The molecule has 21 heavy (non-hydrogen) atoms. The first-order chi connectivity index (χ1) is 10.2. The van der Waals surface area contributed by atoms with E-state index >= 15 is 0 Å². The van der Waals surface area contributed by atoms with Gasteiger partial charge in [-0.15, -0.1) is 0 Å². The van der Waals surface area contributed by atoms with E-state index in [2.05, 4.69) is 6.07 Å². The Balaban J connectivity index is 1.89. The van der Waals surface area contributed by atoms with Crippen molar-refractivity contribution < 1.29 is 0 Å². The van der Waals surface area contributed by atoms with Crippen molar-refractivity contribution in [1.29, 1.82) is 5.26 Å². The first-order valence-electron chi connectivity index (χ1n) is 7.16. The van der Waals surface area contributed by atoms with Crippen LogP contribution in [0.4, 0.5) is 11.5 Å². The summed E-state index contributed by atoms with van der Waals surface area (Å²) in [6.07, 6.45) is 3.20. The van der Waals surface area contributed by atoms with Gasteiger partial charge in [-0.2, -0.15) is 5.26 Å². The van der Waals surface area contributed by atoms with Gasteiger partial charge in [0, 0.05) is 25.0 Å². The normalized spacial score (nSPS) is 12.8. The lowest BCUT2D eigenvalue weighted by molar-refractivity contribution is 0.872. The molecule has 0 aliphatic heterocycles. The highest BCUT2D eigenvalue weighted by molar-refractivity contribution is 5.56. The summed E-state index contributed by atoms with van der Waals surface area (Å²) in [6, 6.07) is 12.1. The standard InChI is InChI=1S/C17H18N4/c1-21(11-12-5-7-15(19)8-6-12)17-14(10-18)9-13-3-2-4-16(13)20-17/h5-9H,2-4,11,19H2,1H3. The van der Waals surface area contributed by atoms with E-state index in [1.165, 1.54) is 5.56 Å². The quantitative estimate of drug-likeness (QED) is 0.877. The molecule has 0 amide bonds. The summed E-state index contributed by atoms with van der Waals surface area (Å²) in [5.74, 6) is 0.773. The van der Waals surface area contributed by atoms with Crippen LogP contribution in [0.3, 0.4) is 0 Å². The molecule has 1 aliphatic rings. The van der Waals surface area contributed by atoms with E-state index in [-0.39, 0.29) is 0 Å². The molecule has 4 heteroatoms. The van der Waals surface area contributed by atoms with Crippen LogP contribution in [-0.2, 0) is 19.4 Å². The lowest BCUT2D eigenvalue weighted by Gasteiger charge is -2.20. The van der Waals surface area contributed by atoms with Crippen molar-refractivity contribution in [2.45, 2.75) is 25.8 Å². The molecule has 0 radical (unpaired) electrons. The molecular weight excluding hydrogens is 260 g/mol. The Morgan fingerprint density at radius 2 is 2.05 bits per heavy atom. The van der Waals surface area contributed by atoms with Crippen LogP contribution in [0.5, 0.6) is 0 Å². The Labute approximate surface area is 124 Å². The minimum absolute atomic E-state index is 0.661. The van der Waals surface area contributed by atoms with Crippen molar-refractivity contribution in [3.8, 4) is 6.07 Å². The van der Waals surface area contributed by atoms with Crippen LogP contribution in [0.15, 0.2) is 30.3 Å². The maximum atomic E-state index is 9.37. The van der Waals surface area contributed by atoms with E-state index in [1.54, 1.807) is 0 Å². The average Bonchev–Trinajstić information content (AvgIpc) is 2.95. The minimum atomic E-state index is 0.661. The SMILES string of the molecule is CN(Cc1ccc(N)cc1)c1nc2c(cc1C#N)CCC2. The number of nitriles is 1. The van der Waals surface area contributed by atoms with Gasteiger partial charge in [0.1, 0.15) is 11.9 Å². The molecule has 1 aliphatic carbocycles. The number of aromatic nitrogens is 1. The number of fused-ring (bicyclic) bond motifs is 1. The highest BCUT2D eigenvalue weighted by atomic mass is 15.2. The molecule has 4 nitrogen and oxygen atoms in total. The van der Waals surface area contributed by atoms with Gasteiger partial charge in [0.25, 0.3) is 0 Å². The van der Waals surface area contributed by atoms with E-state index in [0.717, 1.165) is 42.0 Å². The van der Waals surface area contributed by atoms with Crippen LogP contribution >= 0.6 is 0 Å². The third-order valence-corrected chi connectivity index (χ3v) is 3.91. The van der Waals surface area contributed by atoms with Gasteiger partial charge >= 0.3 is 0 Å². The number of pyridine rings is 1. The number of hydrogen-bond acceptors (Lipinski definition) is 4. The fraction of sp³-hybridized carbons (Fsp3) is 0.294. The van der Waals surface area contributed by atoms with Gasteiger partial charge in [-0.05, 0) is 48.6 Å². The molecule has 0 atom stereocenters. The summed E-state index contributed by atoms with van der Waals surface area (Å²) < 4.78 is 0. The molecule has 3 rings (SSSR count). The Morgan fingerprint density at radius 3 is 2.76 bits per heavy atom. The lowest BCUT2D eigenvalue weighted by Crippen LogP contribution is -2.19. The van der Waals surface area contributed by atoms with Gasteiger partial charge in [0.05, 0.1) is 5.56 Å². The molecule has 1 aromatic heterocycles. The molecular formula is C17H18N4. The van der Waals surface area contributed by atoms with Gasteiger partial charge < -0.3 is 10.6 Å². The Kier molecular flexibility index (Phi) is 3.49. The zero-order valence-corrected chi connectivity index (χ0v) is 12.1. The molecule has 0 bridgehead atoms. The Hall–Kier alpha value is -2.54. The smallest absolute Gasteiger partial charge is 0.146 e. The molecule has 0 unspecified atom stereocenters. The number of rotatable bonds is 3. The number of anilines is 2. The second-order valence-electron chi connectivity index (χ2n) is 5.53. The van der Waals surface area contributed by atoms with Crippen LogP contribution in [0, 0.1) is 11.3 Å². The minimum Gasteiger partial charge on any atom is -0.399 e. The van der Waals surface area contributed by atoms with Gasteiger partial charge in [0.2, 0.25) is 0 Å². The second kappa shape index (κ2) is 5.45.